The summed E-state index contributed by atoms with van der Waals surface area (Å²) in [5.74, 6) is -0.524. The van der Waals surface area contributed by atoms with Crippen molar-refractivity contribution in [2.24, 2.45) is 0 Å². The van der Waals surface area contributed by atoms with Gasteiger partial charge in [0.2, 0.25) is 5.91 Å². The van der Waals surface area contributed by atoms with Gasteiger partial charge in [0.05, 0.1) is 33.8 Å². The Labute approximate surface area is 488 Å². The summed E-state index contributed by atoms with van der Waals surface area (Å²) in [7, 11) is 1.48. The molecule has 0 saturated carbocycles. The fraction of sp³-hybridized carbons (Fsp3) is 0.739. The molecule has 9 nitrogen and oxygen atoms in total. The molecule has 3 unspecified atom stereocenters. The van der Waals surface area contributed by atoms with E-state index in [9.17, 15) is 19.0 Å². The molecule has 0 aromatic carbocycles. The lowest BCUT2D eigenvalue weighted by Crippen LogP contribution is -2.47. The van der Waals surface area contributed by atoms with Crippen LogP contribution in [0.25, 0.3) is 0 Å². The van der Waals surface area contributed by atoms with Gasteiger partial charge in [-0.1, -0.05) is 266 Å². The summed E-state index contributed by atoms with van der Waals surface area (Å²) in [5, 5.41) is 3.05. The van der Waals surface area contributed by atoms with Crippen molar-refractivity contribution < 1.29 is 37.3 Å². The number of nitrogens with one attached hydrogen (secondary N) is 1. The Hall–Kier alpha value is -3.07. The van der Waals surface area contributed by atoms with Gasteiger partial charge in [0.25, 0.3) is 0 Å². The molecule has 10 heteroatoms. The van der Waals surface area contributed by atoms with Gasteiger partial charge in [-0.25, -0.2) is 4.57 Å². The average molecular weight is 1120 g/mol. The summed E-state index contributed by atoms with van der Waals surface area (Å²) < 4.78 is 30.7. The van der Waals surface area contributed by atoms with E-state index >= 15 is 0 Å². The molecule has 0 radical (unpaired) electrons. The second-order valence-corrected chi connectivity index (χ2v) is 24.4. The molecule has 0 fully saturated rings. The number of quaternary nitrogens is 1. The summed E-state index contributed by atoms with van der Waals surface area (Å²) in [4.78, 5) is 37.7. The summed E-state index contributed by atoms with van der Waals surface area (Å²) in [6, 6.07) is -0.860. The van der Waals surface area contributed by atoms with E-state index in [-0.39, 0.29) is 31.5 Å². The highest BCUT2D eigenvalue weighted by atomic mass is 31.2. The molecular weight excluding hydrogens is 1000 g/mol. The lowest BCUT2D eigenvalue weighted by molar-refractivity contribution is -0.870. The maximum absolute atomic E-state index is 13.6. The molecule has 0 aliphatic heterocycles. The van der Waals surface area contributed by atoms with Crippen LogP contribution in [0.4, 0.5) is 0 Å². The van der Waals surface area contributed by atoms with E-state index in [1.165, 1.54) is 148 Å². The van der Waals surface area contributed by atoms with E-state index in [0.717, 1.165) is 96.3 Å². The first-order valence-corrected chi connectivity index (χ1v) is 34.1. The minimum Gasteiger partial charge on any atom is -0.456 e. The molecule has 1 amide bonds. The smallest absolute Gasteiger partial charge is 0.456 e. The third-order valence-electron chi connectivity index (χ3n) is 14.1. The van der Waals surface area contributed by atoms with Crippen molar-refractivity contribution in [2.75, 3.05) is 40.9 Å². The van der Waals surface area contributed by atoms with E-state index in [0.29, 0.717) is 17.4 Å². The van der Waals surface area contributed by atoms with Gasteiger partial charge >= 0.3 is 13.8 Å². The van der Waals surface area contributed by atoms with Crippen molar-refractivity contribution in [1.29, 1.82) is 0 Å². The van der Waals surface area contributed by atoms with Crippen LogP contribution in [0, 0.1) is 0 Å². The third-order valence-corrected chi connectivity index (χ3v) is 15.1. The minimum atomic E-state index is -4.46. The molecule has 2 N–H and O–H groups in total. The monoisotopic (exact) mass is 1120 g/mol. The van der Waals surface area contributed by atoms with Gasteiger partial charge in [-0.05, 0) is 96.0 Å². The van der Waals surface area contributed by atoms with Crippen LogP contribution in [-0.4, -0.2) is 74.3 Å². The minimum absolute atomic E-state index is 0.0335. The summed E-state index contributed by atoms with van der Waals surface area (Å²) in [6.07, 6.45) is 78.4. The summed E-state index contributed by atoms with van der Waals surface area (Å²) >= 11 is 0. The van der Waals surface area contributed by atoms with Crippen LogP contribution in [0.15, 0.2) is 97.2 Å². The number of ether oxygens (including phenoxy) is 1. The molecule has 456 valence electrons. The number of nitrogens with zero attached hydrogens (tertiary/aromatic N) is 1. The van der Waals surface area contributed by atoms with E-state index in [4.69, 9.17) is 13.8 Å². The van der Waals surface area contributed by atoms with Crippen molar-refractivity contribution in [3.63, 3.8) is 0 Å². The highest BCUT2D eigenvalue weighted by Gasteiger charge is 2.30. The molecule has 0 aliphatic carbocycles. The number of hydrogen-bond acceptors (Lipinski definition) is 6. The van der Waals surface area contributed by atoms with Gasteiger partial charge in [-0.3, -0.25) is 18.6 Å². The number of hydrogen-bond donors (Lipinski definition) is 2. The Kier molecular flexibility index (Phi) is 55.9. The van der Waals surface area contributed by atoms with Crippen LogP contribution in [-0.2, 0) is 27.9 Å². The number of allylic oxidation sites excluding steroid dienone is 15. The number of amides is 1. The fourth-order valence-corrected chi connectivity index (χ4v) is 9.78. The van der Waals surface area contributed by atoms with E-state index < -0.39 is 20.0 Å². The zero-order valence-electron chi connectivity index (χ0n) is 52.1. The molecule has 0 bridgehead atoms. The molecule has 0 rings (SSSR count). The lowest BCUT2D eigenvalue weighted by atomic mass is 10.0. The van der Waals surface area contributed by atoms with Crippen molar-refractivity contribution in [3.05, 3.63) is 97.2 Å². The topological polar surface area (TPSA) is 111 Å². The van der Waals surface area contributed by atoms with Gasteiger partial charge in [0.15, 0.2) is 0 Å². The van der Waals surface area contributed by atoms with Gasteiger partial charge in [0.1, 0.15) is 19.3 Å². The lowest BCUT2D eigenvalue weighted by Gasteiger charge is -2.27. The number of unbranched alkanes of at least 4 members (excludes halogenated alkanes) is 30. The Bertz CT molecular complexity index is 1670. The molecule has 79 heavy (non-hydrogen) atoms. The maximum atomic E-state index is 13.6. The van der Waals surface area contributed by atoms with Crippen molar-refractivity contribution in [2.45, 2.75) is 290 Å². The van der Waals surface area contributed by atoms with Crippen molar-refractivity contribution in [1.82, 2.24) is 5.32 Å². The van der Waals surface area contributed by atoms with Crippen LogP contribution in [0.5, 0.6) is 0 Å². The second-order valence-electron chi connectivity index (χ2n) is 23.0. The molecular formula is C69H124N2O7P+. The number of carbonyl (C=O) groups excluding carboxylic acids is 2. The Morgan fingerprint density at radius 3 is 1.34 bits per heavy atom. The molecule has 0 heterocycles. The molecule has 0 saturated heterocycles. The molecule has 0 aromatic heterocycles. The molecule has 0 aromatic rings. The van der Waals surface area contributed by atoms with Gasteiger partial charge in [-0.2, -0.15) is 0 Å². The first-order chi connectivity index (χ1) is 38.4. The number of esters is 1. The van der Waals surface area contributed by atoms with Crippen LogP contribution >= 0.6 is 7.82 Å². The Morgan fingerprint density at radius 2 is 0.861 bits per heavy atom. The van der Waals surface area contributed by atoms with Gasteiger partial charge in [-0.15, -0.1) is 0 Å². The third kappa shape index (κ3) is 59.4. The molecule has 0 aliphatic rings. The van der Waals surface area contributed by atoms with Crippen molar-refractivity contribution >= 4 is 19.7 Å². The maximum Gasteiger partial charge on any atom is 0.472 e. The first-order valence-electron chi connectivity index (χ1n) is 32.6. The zero-order valence-corrected chi connectivity index (χ0v) is 53.0. The highest BCUT2D eigenvalue weighted by molar-refractivity contribution is 7.47. The van der Waals surface area contributed by atoms with Crippen LogP contribution in [0.3, 0.4) is 0 Å². The summed E-state index contributed by atoms with van der Waals surface area (Å²) in [6.45, 7) is 6.84. The van der Waals surface area contributed by atoms with E-state index in [2.05, 4.69) is 111 Å². The highest BCUT2D eigenvalue weighted by Crippen LogP contribution is 2.43. The second kappa shape index (κ2) is 58.1. The Balaban J connectivity index is 5.07. The van der Waals surface area contributed by atoms with Gasteiger partial charge in [0, 0.05) is 12.8 Å². The number of likely N-dealkylation sites (N-methyl/N-ethyl adjacent to an activating group) is 1. The quantitative estimate of drug-likeness (QED) is 0.0156. The number of rotatable bonds is 58. The SMILES string of the molecule is CC/C=C/C=C/C=C/CCCCCCCCCC(=O)OC(/C=C\CCCCCCCCCCC)C(COP(=O)(O)OCC[N+](C)(C)C)NC(=O)CCCCCCCCCCCCC/C=C\C/C=C\C/C=C\C/C=C\CCCCC. The van der Waals surface area contributed by atoms with E-state index in [1.807, 2.05) is 33.3 Å². The fourth-order valence-electron chi connectivity index (χ4n) is 9.04. The first kappa shape index (κ1) is 75.9. The number of phosphoric ester groups is 1. The zero-order chi connectivity index (χ0) is 57.9. The molecule has 0 spiro atoms. The van der Waals surface area contributed by atoms with Gasteiger partial charge < -0.3 is 19.4 Å². The number of phosphoric acid groups is 1. The standard InChI is InChI=1S/C69H123N2O7P/c1-7-10-13-16-19-22-25-27-29-30-31-32-33-34-35-36-37-38-39-40-42-43-46-49-52-55-58-61-68(72)70-66(65-77-79(74,75)76-64-63-71(4,5)6)67(60-57-54-51-48-45-24-21-18-15-12-9-3)78-69(73)62-59-56-53-50-47-44-41-28-26-23-20-17-14-11-8-2/h11,14,17,19-20,22-23,26-27,29,31-32,34-35,57,60,66-67H,7-10,12-13,15-16,18,21,24-25,28,30,33,36-56,58-59,61-65H2,1-6H3,(H-,70,72,74,75)/p+1/b14-11+,20-17+,22-19-,26-23+,29-27-,32-31-,35-34-,60-57-. The predicted molar refractivity (Wildman–Crippen MR) is 341 cm³/mol. The van der Waals surface area contributed by atoms with Crippen molar-refractivity contribution in [3.8, 4) is 0 Å². The van der Waals surface area contributed by atoms with Crippen LogP contribution < -0.4 is 5.32 Å². The Morgan fingerprint density at radius 1 is 0.468 bits per heavy atom. The van der Waals surface area contributed by atoms with E-state index in [1.54, 1.807) is 0 Å². The number of carbonyl (C=O) groups is 2. The average Bonchev–Trinajstić information content (AvgIpc) is 3.41. The van der Waals surface area contributed by atoms with Crippen LogP contribution in [0.1, 0.15) is 278 Å². The molecule has 3 atom stereocenters. The normalized spacial score (nSPS) is 14.3. The predicted octanol–water partition coefficient (Wildman–Crippen LogP) is 20.3. The summed E-state index contributed by atoms with van der Waals surface area (Å²) in [5.41, 5.74) is 0. The van der Waals surface area contributed by atoms with Crippen LogP contribution in [0.2, 0.25) is 0 Å². The largest absolute Gasteiger partial charge is 0.472 e.